The number of alkyl halides is 4. The number of halogens is 4. The maximum atomic E-state index is 13.3. The quantitative estimate of drug-likeness (QED) is 0.125. The van der Waals surface area contributed by atoms with Crippen molar-refractivity contribution in [3.05, 3.63) is 0 Å². The fourth-order valence-electron chi connectivity index (χ4n) is 3.05. The first-order valence-electron chi connectivity index (χ1n) is 10.8. The van der Waals surface area contributed by atoms with Crippen LogP contribution in [0.1, 0.15) is 54.4 Å². The number of rotatable bonds is 8. The van der Waals surface area contributed by atoms with Crippen molar-refractivity contribution < 1.29 is 38.1 Å². The molecule has 1 saturated heterocycles. The summed E-state index contributed by atoms with van der Waals surface area (Å²) < 4.78 is 19.2. The van der Waals surface area contributed by atoms with E-state index in [1.807, 2.05) is 20.8 Å². The summed E-state index contributed by atoms with van der Waals surface area (Å²) >= 11 is 18.8. The van der Waals surface area contributed by atoms with Gasteiger partial charge in [-0.2, -0.15) is 0 Å². The highest BCUT2D eigenvalue weighted by atomic mass is 127. The van der Waals surface area contributed by atoms with Crippen LogP contribution in [0, 0.1) is 11.3 Å². The molecule has 4 atom stereocenters. The standard InChI is InChI=1S/C21H32Cl3IN2O8/c1-19(2,3)8-13(34-18(31)32-10-21(22,23)24)26-15(28)14(27-17(30)35-20(4,5)6)12-7-11(9-25)33-16(12)29/h11-14H,7-10H2,1-6H3,(H,26,28)(H,27,30)/t11-,12+,13?,14-/m1/s1. The molecule has 1 unspecified atom stereocenters. The first-order chi connectivity index (χ1) is 15.8. The molecule has 1 aliphatic heterocycles. The molecule has 1 heterocycles. The van der Waals surface area contributed by atoms with E-state index in [9.17, 15) is 19.2 Å². The Morgan fingerprint density at radius 3 is 2.17 bits per heavy atom. The first-order valence-corrected chi connectivity index (χ1v) is 13.4. The van der Waals surface area contributed by atoms with Crippen LogP contribution in [0.5, 0.6) is 0 Å². The average Bonchev–Trinajstić information content (AvgIpc) is 3.01. The summed E-state index contributed by atoms with van der Waals surface area (Å²) in [7, 11) is 0. The SMILES string of the molecule is CC(C)(C)CC(NC(=O)[C@H](NC(=O)OC(C)(C)C)[C@@H]1C[C@H](CI)OC1=O)OC(=O)OCC(Cl)(Cl)Cl. The second-order valence-electron chi connectivity index (χ2n) is 10.2. The number of ether oxygens (including phenoxy) is 4. The summed E-state index contributed by atoms with van der Waals surface area (Å²) in [5.74, 6) is -2.36. The highest BCUT2D eigenvalue weighted by Crippen LogP contribution is 2.28. The fourth-order valence-corrected chi connectivity index (χ4v) is 3.75. The Kier molecular flexibility index (Phi) is 12.0. The molecule has 2 amide bonds. The Bertz CT molecular complexity index is 780. The van der Waals surface area contributed by atoms with Gasteiger partial charge >= 0.3 is 18.2 Å². The van der Waals surface area contributed by atoms with Gasteiger partial charge in [0.1, 0.15) is 24.4 Å². The number of nitrogens with one attached hydrogen (secondary N) is 2. The van der Waals surface area contributed by atoms with Crippen LogP contribution in [-0.4, -0.2) is 62.9 Å². The summed E-state index contributed by atoms with van der Waals surface area (Å²) in [6.45, 7) is 9.99. The summed E-state index contributed by atoms with van der Waals surface area (Å²) in [5.41, 5.74) is -1.24. The molecule has 14 heteroatoms. The Balaban J connectivity index is 3.08. The molecule has 35 heavy (non-hydrogen) atoms. The third-order valence-electron chi connectivity index (χ3n) is 4.32. The summed E-state index contributed by atoms with van der Waals surface area (Å²) in [4.78, 5) is 50.3. The predicted octanol–water partition coefficient (Wildman–Crippen LogP) is 4.65. The lowest BCUT2D eigenvalue weighted by Gasteiger charge is -2.29. The second-order valence-corrected chi connectivity index (χ2v) is 13.6. The van der Waals surface area contributed by atoms with Gasteiger partial charge < -0.3 is 29.6 Å². The van der Waals surface area contributed by atoms with Gasteiger partial charge in [-0.25, -0.2) is 9.59 Å². The molecule has 2 N–H and O–H groups in total. The van der Waals surface area contributed by atoms with Crippen LogP contribution in [0.2, 0.25) is 0 Å². The number of hydrogen-bond donors (Lipinski definition) is 2. The minimum absolute atomic E-state index is 0.173. The number of carbonyl (C=O) groups excluding carboxylic acids is 4. The number of alkyl carbamates (subject to hydrolysis) is 1. The van der Waals surface area contributed by atoms with E-state index in [4.69, 9.17) is 53.8 Å². The van der Waals surface area contributed by atoms with Crippen molar-refractivity contribution in [1.29, 1.82) is 0 Å². The van der Waals surface area contributed by atoms with E-state index in [1.54, 1.807) is 20.8 Å². The summed E-state index contributed by atoms with van der Waals surface area (Å²) in [6.07, 6.45) is -3.25. The lowest BCUT2D eigenvalue weighted by Crippen LogP contribution is -2.55. The zero-order valence-corrected chi connectivity index (χ0v) is 24.8. The number of esters is 1. The van der Waals surface area contributed by atoms with E-state index >= 15 is 0 Å². The third-order valence-corrected chi connectivity index (χ3v) is 5.63. The number of carbonyl (C=O) groups is 4. The van der Waals surface area contributed by atoms with Gasteiger partial charge in [-0.1, -0.05) is 78.2 Å². The van der Waals surface area contributed by atoms with Crippen LogP contribution in [0.3, 0.4) is 0 Å². The molecule has 0 spiro atoms. The largest absolute Gasteiger partial charge is 0.510 e. The molecule has 0 aromatic rings. The Labute approximate surface area is 233 Å². The van der Waals surface area contributed by atoms with Crippen molar-refractivity contribution in [1.82, 2.24) is 10.6 Å². The monoisotopic (exact) mass is 672 g/mol. The lowest BCUT2D eigenvalue weighted by molar-refractivity contribution is -0.146. The van der Waals surface area contributed by atoms with Gasteiger partial charge in [-0.15, -0.1) is 0 Å². The smallest absolute Gasteiger partial charge is 0.461 e. The first kappa shape index (κ1) is 32.1. The van der Waals surface area contributed by atoms with Crippen molar-refractivity contribution in [2.75, 3.05) is 11.0 Å². The van der Waals surface area contributed by atoms with Gasteiger partial charge in [0, 0.05) is 17.3 Å². The molecule has 1 fully saturated rings. The molecule has 1 rings (SSSR count). The van der Waals surface area contributed by atoms with Gasteiger partial charge in [-0.3, -0.25) is 9.59 Å². The van der Waals surface area contributed by atoms with E-state index in [-0.39, 0.29) is 12.8 Å². The van der Waals surface area contributed by atoms with Gasteiger partial charge in [0.05, 0.1) is 5.92 Å². The molecule has 0 aliphatic carbocycles. The highest BCUT2D eigenvalue weighted by molar-refractivity contribution is 14.1. The van der Waals surface area contributed by atoms with Crippen molar-refractivity contribution in [3.63, 3.8) is 0 Å². The molecule has 0 aromatic carbocycles. The molecular weight excluding hydrogens is 642 g/mol. The zero-order chi connectivity index (χ0) is 27.2. The molecule has 202 valence electrons. The number of hydrogen-bond acceptors (Lipinski definition) is 8. The molecule has 0 saturated carbocycles. The molecule has 0 radical (unpaired) electrons. The maximum Gasteiger partial charge on any atom is 0.510 e. The Morgan fingerprint density at radius 1 is 1.11 bits per heavy atom. The number of cyclic esters (lactones) is 1. The van der Waals surface area contributed by atoms with E-state index in [0.717, 1.165) is 0 Å². The van der Waals surface area contributed by atoms with Crippen LogP contribution >= 0.6 is 57.4 Å². The maximum absolute atomic E-state index is 13.3. The van der Waals surface area contributed by atoms with E-state index in [1.165, 1.54) is 0 Å². The Morgan fingerprint density at radius 2 is 1.71 bits per heavy atom. The highest BCUT2D eigenvalue weighted by Gasteiger charge is 2.44. The predicted molar refractivity (Wildman–Crippen MR) is 139 cm³/mol. The molecular formula is C21H32Cl3IN2O8. The summed E-state index contributed by atoms with van der Waals surface area (Å²) in [6, 6.07) is -1.34. The van der Waals surface area contributed by atoms with Crippen LogP contribution in [0.4, 0.5) is 9.59 Å². The lowest BCUT2D eigenvalue weighted by atomic mass is 9.91. The molecule has 0 aromatic heterocycles. The molecule has 10 nitrogen and oxygen atoms in total. The Hall–Kier alpha value is -0.920. The molecule has 0 bridgehead atoms. The van der Waals surface area contributed by atoms with E-state index < -0.39 is 69.8 Å². The van der Waals surface area contributed by atoms with Gasteiger partial charge in [0.2, 0.25) is 9.70 Å². The van der Waals surface area contributed by atoms with E-state index in [2.05, 4.69) is 33.2 Å². The van der Waals surface area contributed by atoms with Crippen LogP contribution in [-0.2, 0) is 28.5 Å². The normalized spacial score (nSPS) is 20.3. The van der Waals surface area contributed by atoms with Gasteiger partial charge in [0.25, 0.3) is 0 Å². The average molecular weight is 674 g/mol. The van der Waals surface area contributed by atoms with Crippen LogP contribution < -0.4 is 10.6 Å². The third kappa shape index (κ3) is 13.3. The zero-order valence-electron chi connectivity index (χ0n) is 20.4. The van der Waals surface area contributed by atoms with Crippen molar-refractivity contribution in [3.8, 4) is 0 Å². The van der Waals surface area contributed by atoms with Crippen molar-refractivity contribution in [2.45, 2.75) is 82.2 Å². The summed E-state index contributed by atoms with van der Waals surface area (Å²) in [5, 5.41) is 5.02. The van der Waals surface area contributed by atoms with Crippen LogP contribution in [0.25, 0.3) is 0 Å². The van der Waals surface area contributed by atoms with E-state index in [0.29, 0.717) is 4.43 Å². The topological polar surface area (TPSA) is 129 Å². The fraction of sp³-hybridized carbons (Fsp3) is 0.810. The van der Waals surface area contributed by atoms with Gasteiger partial charge in [-0.05, 0) is 26.2 Å². The minimum atomic E-state index is -1.84. The molecule has 1 aliphatic rings. The number of amides is 2. The second kappa shape index (κ2) is 13.0. The van der Waals surface area contributed by atoms with Crippen molar-refractivity contribution >= 4 is 81.5 Å². The van der Waals surface area contributed by atoms with Crippen LogP contribution in [0.15, 0.2) is 0 Å². The minimum Gasteiger partial charge on any atom is -0.461 e. The van der Waals surface area contributed by atoms with Gasteiger partial charge in [0.15, 0.2) is 6.23 Å². The van der Waals surface area contributed by atoms with Crippen molar-refractivity contribution in [2.24, 2.45) is 11.3 Å².